The fraction of sp³-hybridized carbons (Fsp3) is 0.0556. The second-order valence-electron chi connectivity index (χ2n) is 21.5. The Morgan fingerprint density at radius 3 is 1.00 bits per heavy atom. The molecule has 0 aliphatic heterocycles. The molecule has 0 N–H and O–H groups in total. The van der Waals surface area contributed by atoms with Crippen LogP contribution in [0.15, 0.2) is 218 Å². The number of fused-ring (bicyclic) bond motifs is 9. The molecule has 3 heterocycles. The molecule has 0 spiro atoms. The molecule has 6 aliphatic carbocycles. The van der Waals surface area contributed by atoms with Crippen molar-refractivity contribution in [2.75, 3.05) is 0 Å². The van der Waals surface area contributed by atoms with E-state index in [9.17, 15) is 10.5 Å². The summed E-state index contributed by atoms with van der Waals surface area (Å²) in [6.45, 7) is 0. The van der Waals surface area contributed by atoms with Gasteiger partial charge in [-0.15, -0.1) is 0 Å². The molecule has 348 valence electrons. The number of nitrogens with zero attached hydrogens (tertiary/aromatic N) is 4. The SMILES string of the molecule is N#Cc1cc2c(c3c1C1c4ccccc4C3c3ccccc31)c1cc(-n3c4ccc(-c5ccccc5)cc4c4cc(-c5ccccc5)ccc43)cc3c4c5c(c(C#N)cc4n2c13)C1c2ccccc2C5c2ccccc21. The second-order valence-corrected chi connectivity index (χ2v) is 21.5. The minimum Gasteiger partial charge on any atom is -0.309 e. The molecule has 0 radical (unpaired) electrons. The summed E-state index contributed by atoms with van der Waals surface area (Å²) in [5.74, 6) is -0.302. The Hall–Kier alpha value is -10.0. The Bertz CT molecular complexity index is 4630. The van der Waals surface area contributed by atoms with Crippen molar-refractivity contribution in [1.82, 2.24) is 8.97 Å². The van der Waals surface area contributed by atoms with E-state index >= 15 is 0 Å². The van der Waals surface area contributed by atoms with Crippen molar-refractivity contribution in [2.24, 2.45) is 0 Å². The molecule has 0 atom stereocenters. The summed E-state index contributed by atoms with van der Waals surface area (Å²) in [6.07, 6.45) is 0. The summed E-state index contributed by atoms with van der Waals surface area (Å²) < 4.78 is 4.96. The van der Waals surface area contributed by atoms with Crippen LogP contribution in [-0.4, -0.2) is 8.97 Å². The van der Waals surface area contributed by atoms with Gasteiger partial charge in [0, 0.05) is 61.7 Å². The monoisotopic (exact) mass is 960 g/mol. The first-order chi connectivity index (χ1) is 37.7. The van der Waals surface area contributed by atoms with Crippen molar-refractivity contribution in [3.8, 4) is 40.1 Å². The van der Waals surface area contributed by atoms with E-state index in [4.69, 9.17) is 0 Å². The zero-order valence-electron chi connectivity index (χ0n) is 40.9. The van der Waals surface area contributed by atoms with Crippen LogP contribution in [0.1, 0.15) is 102 Å². The van der Waals surface area contributed by atoms with Crippen molar-refractivity contribution in [3.63, 3.8) is 0 Å². The van der Waals surface area contributed by atoms with Crippen molar-refractivity contribution < 1.29 is 0 Å². The summed E-state index contributed by atoms with van der Waals surface area (Å²) in [4.78, 5) is 0. The van der Waals surface area contributed by atoms with Gasteiger partial charge in [-0.25, -0.2) is 0 Å². The molecular weight excluding hydrogens is 921 g/mol. The van der Waals surface area contributed by atoms with E-state index in [1.54, 1.807) is 0 Å². The van der Waals surface area contributed by atoms with Crippen LogP contribution in [0, 0.1) is 22.7 Å². The highest BCUT2D eigenvalue weighted by Gasteiger charge is 2.47. The molecule has 14 aromatic rings. The lowest BCUT2D eigenvalue weighted by atomic mass is 9.59. The Morgan fingerprint density at radius 1 is 0.303 bits per heavy atom. The van der Waals surface area contributed by atoms with Crippen LogP contribution in [0.2, 0.25) is 0 Å². The van der Waals surface area contributed by atoms with Crippen molar-refractivity contribution in [2.45, 2.75) is 23.7 Å². The highest BCUT2D eigenvalue weighted by atomic mass is 15.0. The van der Waals surface area contributed by atoms with Crippen LogP contribution in [0.4, 0.5) is 0 Å². The van der Waals surface area contributed by atoms with Crippen molar-refractivity contribution >= 4 is 59.9 Å². The summed E-state index contributed by atoms with van der Waals surface area (Å²) in [7, 11) is 0. The quantitative estimate of drug-likeness (QED) is 0.177. The minimum atomic E-state index is -0.0782. The van der Waals surface area contributed by atoms with E-state index in [2.05, 4.69) is 239 Å². The van der Waals surface area contributed by atoms with Gasteiger partial charge in [-0.1, -0.05) is 170 Å². The van der Waals surface area contributed by atoms with Gasteiger partial charge in [-0.05, 0) is 138 Å². The molecule has 6 aliphatic rings. The molecule has 4 nitrogen and oxygen atoms in total. The largest absolute Gasteiger partial charge is 0.309 e. The Balaban J connectivity index is 1.03. The summed E-state index contributed by atoms with van der Waals surface area (Å²) in [5.41, 5.74) is 27.7. The first kappa shape index (κ1) is 40.5. The van der Waals surface area contributed by atoms with E-state index in [1.165, 1.54) is 99.4 Å². The van der Waals surface area contributed by atoms with Crippen LogP contribution < -0.4 is 0 Å². The van der Waals surface area contributed by atoms with E-state index < -0.39 is 0 Å². The van der Waals surface area contributed by atoms with Gasteiger partial charge >= 0.3 is 0 Å². The fourth-order valence-electron chi connectivity index (χ4n) is 15.5. The van der Waals surface area contributed by atoms with Crippen molar-refractivity contribution in [3.05, 3.63) is 296 Å². The molecule has 4 bridgehead atoms. The summed E-state index contributed by atoms with van der Waals surface area (Å²) in [5, 5.41) is 30.0. The molecule has 76 heavy (non-hydrogen) atoms. The predicted molar refractivity (Wildman–Crippen MR) is 305 cm³/mol. The lowest BCUT2D eigenvalue weighted by molar-refractivity contribution is 0.758. The Labute approximate surface area is 437 Å². The summed E-state index contributed by atoms with van der Waals surface area (Å²) in [6, 6.07) is 85.9. The minimum absolute atomic E-state index is 0.0729. The third-order valence-corrected chi connectivity index (χ3v) is 18.2. The van der Waals surface area contributed by atoms with Gasteiger partial charge in [0.2, 0.25) is 0 Å². The molecule has 20 rings (SSSR count). The lowest BCUT2D eigenvalue weighted by Gasteiger charge is -2.43. The van der Waals surface area contributed by atoms with Gasteiger partial charge in [0.1, 0.15) is 0 Å². The zero-order chi connectivity index (χ0) is 49.7. The molecule has 4 heteroatoms. The van der Waals surface area contributed by atoms with Crippen LogP contribution in [0.3, 0.4) is 0 Å². The van der Waals surface area contributed by atoms with Crippen LogP contribution in [-0.2, 0) is 0 Å². The normalized spacial score (nSPS) is 17.2. The van der Waals surface area contributed by atoms with E-state index in [1.807, 2.05) is 0 Å². The van der Waals surface area contributed by atoms with Crippen LogP contribution >= 0.6 is 0 Å². The topological polar surface area (TPSA) is 56.9 Å². The first-order valence-electron chi connectivity index (χ1n) is 26.4. The zero-order valence-corrected chi connectivity index (χ0v) is 40.9. The molecule has 0 amide bonds. The average molecular weight is 961 g/mol. The lowest BCUT2D eigenvalue weighted by Crippen LogP contribution is -2.28. The average Bonchev–Trinajstić information content (AvgIpc) is 4.14. The number of benzene rings is 11. The molecule has 3 aromatic heterocycles. The molecule has 0 unspecified atom stereocenters. The van der Waals surface area contributed by atoms with E-state index in [-0.39, 0.29) is 23.7 Å². The van der Waals surface area contributed by atoms with E-state index in [0.29, 0.717) is 11.1 Å². The number of aromatic nitrogens is 2. The van der Waals surface area contributed by atoms with Gasteiger partial charge in [0.05, 0.1) is 50.8 Å². The molecule has 11 aromatic carbocycles. The predicted octanol–water partition coefficient (Wildman–Crippen LogP) is 17.0. The third-order valence-electron chi connectivity index (χ3n) is 18.2. The number of nitriles is 2. The Morgan fingerprint density at radius 2 is 0.645 bits per heavy atom. The Kier molecular flexibility index (Phi) is 7.67. The summed E-state index contributed by atoms with van der Waals surface area (Å²) >= 11 is 0. The first-order valence-corrected chi connectivity index (χ1v) is 26.4. The molecule has 0 saturated carbocycles. The standard InChI is InChI=1S/C72H40N4/c73-37-43-33-60-68(70-62(43)64-46-19-7-11-23-50(46)66(70)51-24-12-8-20-47(51)64)56-35-45(75-58-29-27-41(39-15-3-1-4-16-39)31-54(58)55-32-42(28-30-59(55)75)40-17-5-2-6-18-40)36-57-69-61(76(60)72(56)57)34-44(38-74)63-65-48-21-9-13-25-52(48)67(71(63)69)53-26-14-10-22-49(53)65/h1-36,64-67H. The van der Waals surface area contributed by atoms with Crippen LogP contribution in [0.25, 0.3) is 87.8 Å². The van der Waals surface area contributed by atoms with Gasteiger partial charge in [0.25, 0.3) is 0 Å². The van der Waals surface area contributed by atoms with Gasteiger partial charge in [-0.3, -0.25) is 0 Å². The number of rotatable bonds is 3. The van der Waals surface area contributed by atoms with Crippen molar-refractivity contribution in [1.29, 1.82) is 10.5 Å². The second kappa shape index (κ2) is 14.4. The maximum atomic E-state index is 11.5. The van der Waals surface area contributed by atoms with Gasteiger partial charge in [0.15, 0.2) is 0 Å². The maximum Gasteiger partial charge on any atom is 0.0995 e. The highest BCUT2D eigenvalue weighted by molar-refractivity contribution is 6.27. The van der Waals surface area contributed by atoms with Gasteiger partial charge in [-0.2, -0.15) is 10.5 Å². The van der Waals surface area contributed by atoms with Crippen LogP contribution in [0.5, 0.6) is 0 Å². The maximum absolute atomic E-state index is 11.5. The highest BCUT2D eigenvalue weighted by Crippen LogP contribution is 2.62. The molecular formula is C72H40N4. The molecule has 0 fully saturated rings. The van der Waals surface area contributed by atoms with Gasteiger partial charge < -0.3 is 8.97 Å². The smallest absolute Gasteiger partial charge is 0.0995 e. The molecule has 0 saturated heterocycles. The van der Waals surface area contributed by atoms with E-state index in [0.717, 1.165) is 55.2 Å². The third kappa shape index (κ3) is 4.89. The number of hydrogen-bond donors (Lipinski definition) is 0. The fourth-order valence-corrected chi connectivity index (χ4v) is 15.5. The number of hydrogen-bond acceptors (Lipinski definition) is 2.